The first-order chi connectivity index (χ1) is 13.2. The Morgan fingerprint density at radius 2 is 1.89 bits per heavy atom. The Morgan fingerprint density at radius 3 is 2.63 bits per heavy atom. The van der Waals surface area contributed by atoms with Gasteiger partial charge in [-0.1, -0.05) is 36.4 Å². The highest BCUT2D eigenvalue weighted by molar-refractivity contribution is 5.83. The predicted molar refractivity (Wildman–Crippen MR) is 105 cm³/mol. The van der Waals surface area contributed by atoms with Crippen molar-refractivity contribution >= 4 is 22.5 Å². The van der Waals surface area contributed by atoms with Gasteiger partial charge >= 0.3 is 0 Å². The summed E-state index contributed by atoms with van der Waals surface area (Å²) < 4.78 is 5.39. The minimum atomic E-state index is -0.0829. The van der Waals surface area contributed by atoms with E-state index in [1.165, 1.54) is 11.6 Å². The number of hydrogen-bond acceptors (Lipinski definition) is 6. The zero-order valence-electron chi connectivity index (χ0n) is 14.7. The number of nitrogens with one attached hydrogen (secondary N) is 1. The van der Waals surface area contributed by atoms with E-state index in [0.29, 0.717) is 22.8 Å². The van der Waals surface area contributed by atoms with Crippen LogP contribution in [0.25, 0.3) is 22.2 Å². The first-order valence-electron chi connectivity index (χ1n) is 8.52. The van der Waals surface area contributed by atoms with Crippen LogP contribution in [0.3, 0.4) is 0 Å². The van der Waals surface area contributed by atoms with Crippen molar-refractivity contribution in [2.45, 2.75) is 13.0 Å². The first-order valence-corrected chi connectivity index (χ1v) is 8.52. The molecule has 6 heteroatoms. The van der Waals surface area contributed by atoms with Crippen molar-refractivity contribution < 1.29 is 4.42 Å². The monoisotopic (exact) mass is 355 g/mol. The summed E-state index contributed by atoms with van der Waals surface area (Å²) in [5.41, 5.74) is 7.62. The van der Waals surface area contributed by atoms with Crippen LogP contribution in [0.15, 0.2) is 65.3 Å². The van der Waals surface area contributed by atoms with Crippen LogP contribution in [0.4, 0.5) is 11.8 Å². The average molecular weight is 355 g/mol. The SMILES string of the molecule is C[C@H](Nc1nc(N)nc(-c2ccco2)c1C#N)c1ccc2ccccc2c1. The summed E-state index contributed by atoms with van der Waals surface area (Å²) in [6, 6.07) is 20.0. The van der Waals surface area contributed by atoms with Crippen LogP contribution in [-0.2, 0) is 0 Å². The largest absolute Gasteiger partial charge is 0.463 e. The third-order valence-corrected chi connectivity index (χ3v) is 4.42. The Morgan fingerprint density at radius 1 is 1.07 bits per heavy atom. The van der Waals surface area contributed by atoms with Crippen molar-refractivity contribution in [3.05, 3.63) is 72.0 Å². The maximum atomic E-state index is 9.66. The minimum Gasteiger partial charge on any atom is -0.463 e. The Bertz CT molecular complexity index is 1150. The quantitative estimate of drug-likeness (QED) is 0.558. The molecule has 4 rings (SSSR count). The molecule has 2 aromatic carbocycles. The van der Waals surface area contributed by atoms with Crippen LogP contribution in [0.2, 0.25) is 0 Å². The lowest BCUT2D eigenvalue weighted by Gasteiger charge is -2.17. The molecule has 0 unspecified atom stereocenters. The van der Waals surface area contributed by atoms with Gasteiger partial charge in [0.05, 0.1) is 12.3 Å². The summed E-state index contributed by atoms with van der Waals surface area (Å²) in [6.45, 7) is 2.01. The maximum Gasteiger partial charge on any atom is 0.222 e. The molecular weight excluding hydrogens is 338 g/mol. The Kier molecular flexibility index (Phi) is 4.19. The molecule has 0 saturated heterocycles. The molecule has 0 bridgehead atoms. The Labute approximate surface area is 156 Å². The molecule has 6 nitrogen and oxygen atoms in total. The van der Waals surface area contributed by atoms with E-state index in [1.54, 1.807) is 12.1 Å². The lowest BCUT2D eigenvalue weighted by molar-refractivity contribution is 0.579. The number of furan rings is 1. The van der Waals surface area contributed by atoms with Gasteiger partial charge in [0.2, 0.25) is 5.95 Å². The normalized spacial score (nSPS) is 11.9. The van der Waals surface area contributed by atoms with Gasteiger partial charge in [-0.25, -0.2) is 4.98 Å². The third-order valence-electron chi connectivity index (χ3n) is 4.42. The maximum absolute atomic E-state index is 9.66. The highest BCUT2D eigenvalue weighted by atomic mass is 16.3. The highest BCUT2D eigenvalue weighted by Gasteiger charge is 2.19. The second kappa shape index (κ2) is 6.81. The molecule has 1 atom stereocenters. The number of hydrogen-bond donors (Lipinski definition) is 2. The number of nitrogen functional groups attached to an aromatic ring is 1. The van der Waals surface area contributed by atoms with E-state index in [9.17, 15) is 5.26 Å². The summed E-state index contributed by atoms with van der Waals surface area (Å²) in [4.78, 5) is 8.41. The van der Waals surface area contributed by atoms with Crippen LogP contribution >= 0.6 is 0 Å². The third kappa shape index (κ3) is 3.18. The van der Waals surface area contributed by atoms with Crippen molar-refractivity contribution in [2.75, 3.05) is 11.1 Å². The number of nitrogens with zero attached hydrogens (tertiary/aromatic N) is 3. The van der Waals surface area contributed by atoms with Crippen LogP contribution in [0.5, 0.6) is 0 Å². The van der Waals surface area contributed by atoms with E-state index in [1.807, 2.05) is 19.1 Å². The van der Waals surface area contributed by atoms with Crippen molar-refractivity contribution in [1.29, 1.82) is 5.26 Å². The lowest BCUT2D eigenvalue weighted by Crippen LogP contribution is -2.12. The molecule has 132 valence electrons. The molecule has 2 heterocycles. The average Bonchev–Trinajstić information content (AvgIpc) is 3.22. The fourth-order valence-corrected chi connectivity index (χ4v) is 3.05. The van der Waals surface area contributed by atoms with E-state index in [2.05, 4.69) is 51.7 Å². The molecule has 27 heavy (non-hydrogen) atoms. The molecular formula is C21H17N5O. The van der Waals surface area contributed by atoms with Gasteiger partial charge in [0.25, 0.3) is 0 Å². The van der Waals surface area contributed by atoms with Crippen molar-refractivity contribution in [3.8, 4) is 17.5 Å². The summed E-state index contributed by atoms with van der Waals surface area (Å²) in [6.07, 6.45) is 1.53. The minimum absolute atomic E-state index is 0.0774. The first kappa shape index (κ1) is 16.6. The number of anilines is 2. The molecule has 3 N–H and O–H groups in total. The molecule has 0 aliphatic carbocycles. The zero-order chi connectivity index (χ0) is 18.8. The molecule has 2 aromatic heterocycles. The topological polar surface area (TPSA) is 101 Å². The van der Waals surface area contributed by atoms with E-state index < -0.39 is 0 Å². The number of aromatic nitrogens is 2. The van der Waals surface area contributed by atoms with E-state index in [4.69, 9.17) is 10.2 Å². The van der Waals surface area contributed by atoms with Crippen molar-refractivity contribution in [1.82, 2.24) is 9.97 Å². The van der Waals surface area contributed by atoms with Gasteiger partial charge < -0.3 is 15.5 Å². The van der Waals surface area contributed by atoms with Gasteiger partial charge in [-0.2, -0.15) is 10.2 Å². The zero-order valence-corrected chi connectivity index (χ0v) is 14.7. The lowest BCUT2D eigenvalue weighted by atomic mass is 10.0. The van der Waals surface area contributed by atoms with E-state index in [-0.39, 0.29) is 12.0 Å². The molecule has 0 aliphatic rings. The molecule has 0 aliphatic heterocycles. The predicted octanol–water partition coefficient (Wildman–Crippen LogP) is 4.52. The molecule has 0 fully saturated rings. The standard InChI is InChI=1S/C21H17N5O/c1-13(15-9-8-14-5-2-3-6-16(14)11-15)24-20-17(12-22)19(25-21(23)26-20)18-7-4-10-27-18/h2-11,13H,1H3,(H3,23,24,25,26)/t13-/m0/s1. The number of rotatable bonds is 4. The summed E-state index contributed by atoms with van der Waals surface area (Å²) in [7, 11) is 0. The molecule has 0 radical (unpaired) electrons. The summed E-state index contributed by atoms with van der Waals surface area (Å²) in [5, 5.41) is 15.3. The number of nitriles is 1. The Balaban J connectivity index is 1.72. The fraction of sp³-hybridized carbons (Fsp3) is 0.0952. The Hall–Kier alpha value is -3.85. The van der Waals surface area contributed by atoms with Crippen molar-refractivity contribution in [2.24, 2.45) is 0 Å². The molecule has 0 amide bonds. The van der Waals surface area contributed by atoms with Crippen LogP contribution in [0.1, 0.15) is 24.1 Å². The van der Waals surface area contributed by atoms with Crippen LogP contribution in [0, 0.1) is 11.3 Å². The van der Waals surface area contributed by atoms with Crippen LogP contribution < -0.4 is 11.1 Å². The van der Waals surface area contributed by atoms with Gasteiger partial charge in [-0.3, -0.25) is 0 Å². The van der Waals surface area contributed by atoms with Gasteiger partial charge in [0.1, 0.15) is 17.3 Å². The van der Waals surface area contributed by atoms with E-state index in [0.717, 1.165) is 10.9 Å². The number of benzene rings is 2. The van der Waals surface area contributed by atoms with Crippen LogP contribution in [-0.4, -0.2) is 9.97 Å². The van der Waals surface area contributed by atoms with Gasteiger partial charge in [-0.15, -0.1) is 0 Å². The van der Waals surface area contributed by atoms with Gasteiger partial charge in [0.15, 0.2) is 11.6 Å². The fourth-order valence-electron chi connectivity index (χ4n) is 3.05. The number of nitrogens with two attached hydrogens (primary N) is 1. The molecule has 0 spiro atoms. The van der Waals surface area contributed by atoms with Gasteiger partial charge in [0, 0.05) is 0 Å². The van der Waals surface area contributed by atoms with E-state index >= 15 is 0 Å². The van der Waals surface area contributed by atoms with Gasteiger partial charge in [-0.05, 0) is 41.5 Å². The smallest absolute Gasteiger partial charge is 0.222 e. The van der Waals surface area contributed by atoms with Crippen molar-refractivity contribution in [3.63, 3.8) is 0 Å². The number of fused-ring (bicyclic) bond motifs is 1. The summed E-state index contributed by atoms with van der Waals surface area (Å²) >= 11 is 0. The second-order valence-corrected chi connectivity index (χ2v) is 6.22. The summed E-state index contributed by atoms with van der Waals surface area (Å²) in [5.74, 6) is 0.938. The molecule has 0 saturated carbocycles. The second-order valence-electron chi connectivity index (χ2n) is 6.22. The highest BCUT2D eigenvalue weighted by Crippen LogP contribution is 2.30. The molecule has 4 aromatic rings.